The second-order valence-electron chi connectivity index (χ2n) is 4.94. The van der Waals surface area contributed by atoms with Gasteiger partial charge in [0.05, 0.1) is 0 Å². The molecule has 2 rings (SSSR count). The average molecular weight is 252 g/mol. The lowest BCUT2D eigenvalue weighted by Gasteiger charge is -2.22. The van der Waals surface area contributed by atoms with Crippen molar-refractivity contribution in [1.82, 2.24) is 0 Å². The SMILES string of the molecule is CC(C)c1ccccc1N1CC(CCl)CC1=O. The van der Waals surface area contributed by atoms with E-state index in [1.165, 1.54) is 5.56 Å². The number of benzene rings is 1. The Hall–Kier alpha value is -1.02. The molecule has 0 spiro atoms. The molecule has 3 heteroatoms. The summed E-state index contributed by atoms with van der Waals surface area (Å²) in [5.41, 5.74) is 2.29. The first-order chi connectivity index (χ1) is 8.13. The van der Waals surface area contributed by atoms with Crippen molar-refractivity contribution in [3.8, 4) is 0 Å². The van der Waals surface area contributed by atoms with Crippen LogP contribution in [0.1, 0.15) is 31.7 Å². The first kappa shape index (κ1) is 12.4. The number of para-hydroxylation sites is 1. The van der Waals surface area contributed by atoms with Gasteiger partial charge >= 0.3 is 0 Å². The van der Waals surface area contributed by atoms with E-state index in [2.05, 4.69) is 19.9 Å². The number of amides is 1. The van der Waals surface area contributed by atoms with Gasteiger partial charge in [0.15, 0.2) is 0 Å². The third-order valence-corrected chi connectivity index (χ3v) is 3.71. The van der Waals surface area contributed by atoms with Crippen molar-refractivity contribution in [2.45, 2.75) is 26.2 Å². The molecule has 1 aromatic rings. The first-order valence-corrected chi connectivity index (χ1v) is 6.62. The topological polar surface area (TPSA) is 20.3 Å². The molecule has 92 valence electrons. The van der Waals surface area contributed by atoms with Crippen LogP contribution in [0.3, 0.4) is 0 Å². The maximum absolute atomic E-state index is 12.0. The summed E-state index contributed by atoms with van der Waals surface area (Å²) in [6.07, 6.45) is 0.579. The van der Waals surface area contributed by atoms with Gasteiger partial charge in [0, 0.05) is 24.5 Å². The van der Waals surface area contributed by atoms with Gasteiger partial charge in [0.1, 0.15) is 0 Å². The molecule has 0 bridgehead atoms. The van der Waals surface area contributed by atoms with Gasteiger partial charge in [0.2, 0.25) is 5.91 Å². The lowest BCUT2D eigenvalue weighted by Crippen LogP contribution is -2.26. The summed E-state index contributed by atoms with van der Waals surface area (Å²) in [5, 5.41) is 0. The molecule has 0 aromatic heterocycles. The second kappa shape index (κ2) is 5.09. The molecule has 1 amide bonds. The molecule has 17 heavy (non-hydrogen) atoms. The molecule has 2 nitrogen and oxygen atoms in total. The molecule has 1 saturated heterocycles. The molecule has 0 radical (unpaired) electrons. The Morgan fingerprint density at radius 2 is 2.12 bits per heavy atom. The Morgan fingerprint density at radius 1 is 1.41 bits per heavy atom. The predicted molar refractivity (Wildman–Crippen MR) is 71.7 cm³/mol. The number of carbonyl (C=O) groups excluding carboxylic acids is 1. The van der Waals surface area contributed by atoms with Gasteiger partial charge in [-0.1, -0.05) is 32.0 Å². The number of nitrogens with zero attached hydrogens (tertiary/aromatic N) is 1. The Labute approximate surface area is 108 Å². The second-order valence-corrected chi connectivity index (χ2v) is 5.25. The molecule has 1 unspecified atom stereocenters. The number of hydrogen-bond acceptors (Lipinski definition) is 1. The Bertz CT molecular complexity index is 416. The maximum Gasteiger partial charge on any atom is 0.227 e. The zero-order valence-corrected chi connectivity index (χ0v) is 11.1. The molecule has 1 atom stereocenters. The van der Waals surface area contributed by atoms with Gasteiger partial charge in [-0.25, -0.2) is 0 Å². The van der Waals surface area contributed by atoms with Crippen LogP contribution in [0.4, 0.5) is 5.69 Å². The molecular weight excluding hydrogens is 234 g/mol. The standard InChI is InChI=1S/C14H18ClNO/c1-10(2)12-5-3-4-6-13(12)16-9-11(8-15)7-14(16)17/h3-6,10-11H,7-9H2,1-2H3. The molecule has 1 aliphatic heterocycles. The highest BCUT2D eigenvalue weighted by Gasteiger charge is 2.31. The van der Waals surface area contributed by atoms with Crippen molar-refractivity contribution >= 4 is 23.2 Å². The molecule has 1 fully saturated rings. The molecular formula is C14H18ClNO. The van der Waals surface area contributed by atoms with Crippen LogP contribution in [0, 0.1) is 5.92 Å². The minimum absolute atomic E-state index is 0.198. The minimum Gasteiger partial charge on any atom is -0.312 e. The molecule has 1 aromatic carbocycles. The van der Waals surface area contributed by atoms with E-state index in [4.69, 9.17) is 11.6 Å². The zero-order chi connectivity index (χ0) is 12.4. The van der Waals surface area contributed by atoms with Crippen LogP contribution >= 0.6 is 11.6 Å². The van der Waals surface area contributed by atoms with Crippen molar-refractivity contribution in [1.29, 1.82) is 0 Å². The average Bonchev–Trinajstić information content (AvgIpc) is 2.70. The number of alkyl halides is 1. The van der Waals surface area contributed by atoms with Crippen LogP contribution in [0.25, 0.3) is 0 Å². The van der Waals surface area contributed by atoms with Crippen LogP contribution in [0.5, 0.6) is 0 Å². The highest BCUT2D eigenvalue weighted by Crippen LogP contribution is 2.32. The summed E-state index contributed by atoms with van der Waals surface area (Å²) in [6, 6.07) is 8.14. The Morgan fingerprint density at radius 3 is 2.71 bits per heavy atom. The Kier molecular flexibility index (Phi) is 3.72. The van der Waals surface area contributed by atoms with Crippen LogP contribution in [0.2, 0.25) is 0 Å². The number of anilines is 1. The first-order valence-electron chi connectivity index (χ1n) is 6.08. The van der Waals surface area contributed by atoms with Gasteiger partial charge < -0.3 is 4.90 Å². The lowest BCUT2D eigenvalue weighted by molar-refractivity contribution is -0.117. The third-order valence-electron chi connectivity index (χ3n) is 3.27. The van der Waals surface area contributed by atoms with E-state index in [9.17, 15) is 4.79 Å². The van der Waals surface area contributed by atoms with Gasteiger partial charge in [0.25, 0.3) is 0 Å². The summed E-state index contributed by atoms with van der Waals surface area (Å²) in [6.45, 7) is 5.06. The smallest absolute Gasteiger partial charge is 0.227 e. The van der Waals surface area contributed by atoms with E-state index in [0.29, 0.717) is 24.1 Å². The molecule has 0 saturated carbocycles. The minimum atomic E-state index is 0.198. The largest absolute Gasteiger partial charge is 0.312 e. The van der Waals surface area contributed by atoms with E-state index < -0.39 is 0 Å². The van der Waals surface area contributed by atoms with Crippen molar-refractivity contribution in [3.05, 3.63) is 29.8 Å². The summed E-state index contributed by atoms with van der Waals surface area (Å²) >= 11 is 5.85. The summed E-state index contributed by atoms with van der Waals surface area (Å²) in [4.78, 5) is 13.9. The number of halogens is 1. The van der Waals surface area contributed by atoms with Crippen molar-refractivity contribution in [2.24, 2.45) is 5.92 Å². The zero-order valence-electron chi connectivity index (χ0n) is 10.3. The molecule has 1 heterocycles. The monoisotopic (exact) mass is 251 g/mol. The summed E-state index contributed by atoms with van der Waals surface area (Å²) in [7, 11) is 0. The number of hydrogen-bond donors (Lipinski definition) is 0. The highest BCUT2D eigenvalue weighted by molar-refractivity contribution is 6.18. The normalized spacial score (nSPS) is 20.4. The van der Waals surface area contributed by atoms with Crippen LogP contribution in [-0.4, -0.2) is 18.3 Å². The quantitative estimate of drug-likeness (QED) is 0.754. The fourth-order valence-corrected chi connectivity index (χ4v) is 2.55. The molecule has 0 N–H and O–H groups in total. The van der Waals surface area contributed by atoms with Crippen LogP contribution in [0.15, 0.2) is 24.3 Å². The molecule has 0 aliphatic carbocycles. The van der Waals surface area contributed by atoms with Gasteiger partial charge in [-0.15, -0.1) is 11.6 Å². The lowest BCUT2D eigenvalue weighted by atomic mass is 10.0. The number of carbonyl (C=O) groups is 1. The van der Waals surface area contributed by atoms with Crippen molar-refractivity contribution in [3.63, 3.8) is 0 Å². The summed E-state index contributed by atoms with van der Waals surface area (Å²) in [5.74, 6) is 1.48. The van der Waals surface area contributed by atoms with E-state index in [-0.39, 0.29) is 5.91 Å². The van der Waals surface area contributed by atoms with E-state index in [1.807, 2.05) is 23.1 Å². The third kappa shape index (κ3) is 2.47. The van der Waals surface area contributed by atoms with Gasteiger partial charge in [-0.2, -0.15) is 0 Å². The van der Waals surface area contributed by atoms with Gasteiger partial charge in [-0.05, 0) is 23.5 Å². The predicted octanol–water partition coefficient (Wildman–Crippen LogP) is 3.40. The van der Waals surface area contributed by atoms with E-state index in [0.717, 1.165) is 12.2 Å². The van der Waals surface area contributed by atoms with E-state index in [1.54, 1.807) is 0 Å². The van der Waals surface area contributed by atoms with E-state index >= 15 is 0 Å². The van der Waals surface area contributed by atoms with Crippen LogP contribution in [-0.2, 0) is 4.79 Å². The van der Waals surface area contributed by atoms with Crippen molar-refractivity contribution in [2.75, 3.05) is 17.3 Å². The number of rotatable bonds is 3. The highest BCUT2D eigenvalue weighted by atomic mass is 35.5. The van der Waals surface area contributed by atoms with Crippen LogP contribution < -0.4 is 4.90 Å². The Balaban J connectivity index is 2.31. The summed E-state index contributed by atoms with van der Waals surface area (Å²) < 4.78 is 0. The molecule has 1 aliphatic rings. The van der Waals surface area contributed by atoms with Gasteiger partial charge in [-0.3, -0.25) is 4.79 Å². The van der Waals surface area contributed by atoms with Crippen molar-refractivity contribution < 1.29 is 4.79 Å². The fourth-order valence-electron chi connectivity index (χ4n) is 2.34. The maximum atomic E-state index is 12.0. The fraction of sp³-hybridized carbons (Fsp3) is 0.500.